The van der Waals surface area contributed by atoms with E-state index >= 15 is 0 Å². The Morgan fingerprint density at radius 1 is 1.26 bits per heavy atom. The van der Waals surface area contributed by atoms with Crippen LogP contribution in [0.15, 0.2) is 35.7 Å². The zero-order valence-corrected chi connectivity index (χ0v) is 27.6. The first kappa shape index (κ1) is 37.1. The molecule has 0 saturated heterocycles. The highest BCUT2D eigenvalue weighted by Gasteiger charge is 2.33. The number of carbonyl (C=O) groups is 2. The van der Waals surface area contributed by atoms with Crippen LogP contribution in [-0.4, -0.2) is 102 Å². The third-order valence-corrected chi connectivity index (χ3v) is 9.03. The molecule has 4 atom stereocenters. The molecule has 3 rings (SSSR count). The molecule has 16 heteroatoms. The Bertz CT molecular complexity index is 1440. The summed E-state index contributed by atoms with van der Waals surface area (Å²) < 4.78 is 80.4. The molecule has 0 bridgehead atoms. The topological polar surface area (TPSA) is 143 Å². The van der Waals surface area contributed by atoms with E-state index in [4.69, 9.17) is 9.47 Å². The van der Waals surface area contributed by atoms with E-state index in [1.54, 1.807) is 20.9 Å². The van der Waals surface area contributed by atoms with E-state index in [9.17, 15) is 36.3 Å². The van der Waals surface area contributed by atoms with Crippen molar-refractivity contribution in [3.05, 3.63) is 36.3 Å². The van der Waals surface area contributed by atoms with Gasteiger partial charge in [-0.25, -0.2) is 4.98 Å². The van der Waals surface area contributed by atoms with Gasteiger partial charge in [-0.1, -0.05) is 6.92 Å². The number of nitrogens with zero attached hydrogens (tertiary/aromatic N) is 4. The first-order valence-electron chi connectivity index (χ1n) is 15.2. The molecule has 0 fully saturated rings. The number of benzene rings is 1. The van der Waals surface area contributed by atoms with Gasteiger partial charge < -0.3 is 28.9 Å². The fraction of sp³-hybridized carbons (Fsp3) is 0.633. The number of anilines is 1. The minimum Gasteiger partial charge on any atom is -0.490 e. The van der Waals surface area contributed by atoms with Crippen molar-refractivity contribution in [2.24, 2.45) is 13.0 Å². The van der Waals surface area contributed by atoms with Gasteiger partial charge in [0, 0.05) is 58.0 Å². The van der Waals surface area contributed by atoms with Gasteiger partial charge in [0.15, 0.2) is 5.03 Å². The molecule has 46 heavy (non-hydrogen) atoms. The van der Waals surface area contributed by atoms with Crippen molar-refractivity contribution < 1.29 is 45.8 Å². The lowest BCUT2D eigenvalue weighted by atomic mass is 10.0. The maximum absolute atomic E-state index is 14.2. The zero-order valence-electron chi connectivity index (χ0n) is 26.8. The van der Waals surface area contributed by atoms with E-state index in [1.165, 1.54) is 52.1 Å². The van der Waals surface area contributed by atoms with Crippen LogP contribution < -0.4 is 9.46 Å². The van der Waals surface area contributed by atoms with Crippen LogP contribution in [0.4, 0.5) is 18.9 Å². The SMILES string of the molecule is C[C@H](CO)N1C[C@H](C)[C@H](CN(C)C(=O)CCC(F)(F)F)OCCCC[C@H](C)Oc2ccc(NS(=O)(=O)c3cn(C)cn3)cc2C1=O. The van der Waals surface area contributed by atoms with Crippen LogP contribution in [0.5, 0.6) is 5.75 Å². The number of halogens is 3. The molecule has 0 spiro atoms. The number of aromatic nitrogens is 2. The van der Waals surface area contributed by atoms with E-state index in [2.05, 4.69) is 9.71 Å². The molecule has 258 valence electrons. The number of hydrogen-bond donors (Lipinski definition) is 2. The highest BCUT2D eigenvalue weighted by Crippen LogP contribution is 2.29. The first-order chi connectivity index (χ1) is 21.5. The van der Waals surface area contributed by atoms with Crippen LogP contribution in [0.3, 0.4) is 0 Å². The third-order valence-electron chi connectivity index (χ3n) is 7.76. The smallest absolute Gasteiger partial charge is 0.389 e. The predicted molar refractivity (Wildman–Crippen MR) is 164 cm³/mol. The number of likely N-dealkylation sites (N-methyl/N-ethyl adjacent to an activating group) is 1. The molecule has 0 unspecified atom stereocenters. The van der Waals surface area contributed by atoms with Gasteiger partial charge in [0.05, 0.1) is 43.2 Å². The number of hydrogen-bond acceptors (Lipinski definition) is 8. The van der Waals surface area contributed by atoms with Gasteiger partial charge in [-0.3, -0.25) is 14.3 Å². The van der Waals surface area contributed by atoms with Crippen LogP contribution in [0, 0.1) is 5.92 Å². The molecule has 1 aromatic heterocycles. The van der Waals surface area contributed by atoms with Gasteiger partial charge in [-0.2, -0.15) is 21.6 Å². The lowest BCUT2D eigenvalue weighted by Crippen LogP contribution is -2.48. The largest absolute Gasteiger partial charge is 0.490 e. The van der Waals surface area contributed by atoms with Crippen LogP contribution >= 0.6 is 0 Å². The summed E-state index contributed by atoms with van der Waals surface area (Å²) in [7, 11) is -1.03. The average molecular weight is 676 g/mol. The molecule has 1 aromatic carbocycles. The standard InChI is InChI=1S/C30H44F3N5O7S/c1-20-15-38(21(2)18-39)29(41)24-14-23(35-46(42,43)27-17-36(4)19-34-27)9-10-25(24)45-22(3)8-6-7-13-44-26(20)16-37(5)28(40)11-12-30(31,32)33/h9-10,14,17,19-22,26,35,39H,6-8,11-13,15-16,18H2,1-5H3/t20-,21+,22-,26-/m0/s1. The normalized spacial score (nSPS) is 21.1. The van der Waals surface area contributed by atoms with Gasteiger partial charge >= 0.3 is 6.18 Å². The Balaban J connectivity index is 1.95. The molecular formula is C30H44F3N5O7S. The Labute approximate surface area is 267 Å². The summed E-state index contributed by atoms with van der Waals surface area (Å²) in [5.74, 6) is -1.40. The van der Waals surface area contributed by atoms with Gasteiger partial charge in [0.25, 0.3) is 15.9 Å². The summed E-state index contributed by atoms with van der Waals surface area (Å²) in [5, 5.41) is 9.89. The van der Waals surface area contributed by atoms with Crippen molar-refractivity contribution in [3.8, 4) is 5.75 Å². The van der Waals surface area contributed by atoms with Crippen molar-refractivity contribution in [2.75, 3.05) is 38.1 Å². The van der Waals surface area contributed by atoms with Gasteiger partial charge in [0.1, 0.15) is 5.75 Å². The molecule has 2 amide bonds. The molecule has 0 radical (unpaired) electrons. The van der Waals surface area contributed by atoms with E-state index < -0.39 is 65.5 Å². The summed E-state index contributed by atoms with van der Waals surface area (Å²) in [6.45, 7) is 5.28. The number of amides is 2. The number of imidazole rings is 1. The minimum atomic E-state index is -4.46. The average Bonchev–Trinajstić information content (AvgIpc) is 3.44. The highest BCUT2D eigenvalue weighted by molar-refractivity contribution is 7.92. The van der Waals surface area contributed by atoms with Gasteiger partial charge in [0.2, 0.25) is 5.91 Å². The molecule has 0 saturated carbocycles. The van der Waals surface area contributed by atoms with Crippen LogP contribution in [0.2, 0.25) is 0 Å². The summed E-state index contributed by atoms with van der Waals surface area (Å²) in [6, 6.07) is 3.69. The van der Waals surface area contributed by atoms with E-state index in [0.29, 0.717) is 25.9 Å². The number of rotatable bonds is 9. The van der Waals surface area contributed by atoms with Crippen molar-refractivity contribution in [3.63, 3.8) is 0 Å². The number of alkyl halides is 3. The number of ether oxygens (including phenoxy) is 2. The Morgan fingerprint density at radius 2 is 1.98 bits per heavy atom. The molecule has 0 aliphatic carbocycles. The van der Waals surface area contributed by atoms with E-state index in [-0.39, 0.29) is 41.2 Å². The summed E-state index contributed by atoms with van der Waals surface area (Å²) >= 11 is 0. The maximum atomic E-state index is 14.2. The van der Waals surface area contributed by atoms with E-state index in [1.807, 2.05) is 6.92 Å². The fourth-order valence-electron chi connectivity index (χ4n) is 4.99. The number of aryl methyl sites for hydroxylation is 1. The Morgan fingerprint density at radius 3 is 2.61 bits per heavy atom. The molecule has 1 aliphatic heterocycles. The lowest BCUT2D eigenvalue weighted by Gasteiger charge is -2.36. The quantitative estimate of drug-likeness (QED) is 0.409. The summed E-state index contributed by atoms with van der Waals surface area (Å²) in [6.07, 6.45) is -2.67. The Kier molecular flexibility index (Phi) is 12.9. The molecule has 2 aromatic rings. The van der Waals surface area contributed by atoms with E-state index in [0.717, 1.165) is 0 Å². The van der Waals surface area contributed by atoms with Crippen LogP contribution in [0.1, 0.15) is 63.2 Å². The van der Waals surface area contributed by atoms with Gasteiger partial charge in [-0.15, -0.1) is 0 Å². The lowest BCUT2D eigenvalue weighted by molar-refractivity contribution is -0.149. The first-order valence-corrected chi connectivity index (χ1v) is 16.6. The second-order valence-corrected chi connectivity index (χ2v) is 13.5. The number of aliphatic hydroxyl groups excluding tert-OH is 1. The molecule has 12 nitrogen and oxygen atoms in total. The van der Waals surface area contributed by atoms with Crippen molar-refractivity contribution in [2.45, 2.75) is 82.3 Å². The highest BCUT2D eigenvalue weighted by atomic mass is 32.2. The molecule has 2 N–H and O–H groups in total. The second-order valence-electron chi connectivity index (χ2n) is 11.9. The molecule has 1 aliphatic rings. The summed E-state index contributed by atoms with van der Waals surface area (Å²) in [5.41, 5.74) is 0.162. The number of aliphatic hydroxyl groups is 1. The monoisotopic (exact) mass is 675 g/mol. The van der Waals surface area contributed by atoms with Crippen LogP contribution in [-0.2, 0) is 26.6 Å². The van der Waals surface area contributed by atoms with Crippen molar-refractivity contribution in [1.82, 2.24) is 19.4 Å². The minimum absolute atomic E-state index is 0.00292. The maximum Gasteiger partial charge on any atom is 0.389 e. The third kappa shape index (κ3) is 10.6. The van der Waals surface area contributed by atoms with Crippen molar-refractivity contribution >= 4 is 27.5 Å². The second kappa shape index (κ2) is 16.0. The molecular weight excluding hydrogens is 631 g/mol. The number of sulfonamides is 1. The summed E-state index contributed by atoms with van der Waals surface area (Å²) in [4.78, 5) is 33.2. The number of carbonyl (C=O) groups excluding carboxylic acids is 2. The Hall–Kier alpha value is -3.37. The fourth-order valence-corrected chi connectivity index (χ4v) is 6.03. The van der Waals surface area contributed by atoms with Gasteiger partial charge in [-0.05, 0) is 51.3 Å². The predicted octanol–water partition coefficient (Wildman–Crippen LogP) is 3.82. The van der Waals surface area contributed by atoms with Crippen molar-refractivity contribution in [1.29, 1.82) is 0 Å². The zero-order chi connectivity index (χ0) is 34.2. The molecule has 2 heterocycles. The van der Waals surface area contributed by atoms with Crippen LogP contribution in [0.25, 0.3) is 0 Å². The number of nitrogens with one attached hydrogen (secondary N) is 1. The number of fused-ring (bicyclic) bond motifs is 1.